The lowest BCUT2D eigenvalue weighted by Gasteiger charge is -2.24. The average molecular weight is 646 g/mol. The third kappa shape index (κ3) is 27.7. The van der Waals surface area contributed by atoms with Gasteiger partial charge >= 0.3 is 18.0 Å². The molecule has 1 unspecified atom stereocenters. The smallest absolute Gasteiger partial charge is 0.407 e. The molecule has 0 spiro atoms. The topological polar surface area (TPSA) is 200 Å². The maximum atomic E-state index is 12.0. The van der Waals surface area contributed by atoms with Gasteiger partial charge in [0.1, 0.15) is 26.4 Å². The average Bonchev–Trinajstić information content (AvgIpc) is 3.02. The number of nitrogens with one attached hydrogen (secondary N) is 1. The number of hydrogen-bond acceptors (Lipinski definition) is 15. The molecule has 256 valence electrons. The molecular formula is C29H47N3O13. The summed E-state index contributed by atoms with van der Waals surface area (Å²) in [6.07, 6.45) is 4.54. The zero-order valence-corrected chi connectivity index (χ0v) is 26.3. The Morgan fingerprint density at radius 3 is 1.91 bits per heavy atom. The molecule has 0 bridgehead atoms. The number of nitriles is 1. The van der Waals surface area contributed by atoms with Crippen molar-refractivity contribution < 1.29 is 61.8 Å². The number of esters is 2. The number of nitrogens with zero attached hydrogens (tertiary/aromatic N) is 2. The SMILES string of the molecule is C=CC(=O)OCCOCCOCC(C)(C)COCCOCCOCCOC(=O)NCCOC(=O)C(CCCCOC#N)N=C=O. The molecule has 1 N–H and O–H groups in total. The number of amides is 1. The largest absolute Gasteiger partial charge is 0.462 e. The number of aliphatic imine (C=N–C) groups is 1. The Morgan fingerprint density at radius 2 is 1.36 bits per heavy atom. The van der Waals surface area contributed by atoms with Gasteiger partial charge in [-0.05, 0) is 19.3 Å². The van der Waals surface area contributed by atoms with E-state index in [4.69, 9.17) is 43.2 Å². The van der Waals surface area contributed by atoms with E-state index in [1.165, 1.54) is 6.08 Å². The molecule has 0 aliphatic rings. The van der Waals surface area contributed by atoms with E-state index >= 15 is 0 Å². The molecule has 0 aromatic rings. The number of hydrogen-bond donors (Lipinski definition) is 1. The van der Waals surface area contributed by atoms with E-state index in [1.54, 1.807) is 6.26 Å². The van der Waals surface area contributed by atoms with Crippen LogP contribution in [0, 0.1) is 16.9 Å². The fraction of sp³-hybridized carbons (Fsp3) is 0.759. The summed E-state index contributed by atoms with van der Waals surface area (Å²) >= 11 is 0. The predicted molar refractivity (Wildman–Crippen MR) is 157 cm³/mol. The van der Waals surface area contributed by atoms with Crippen molar-refractivity contribution in [3.8, 4) is 6.26 Å². The lowest BCUT2D eigenvalue weighted by Crippen LogP contribution is -2.31. The van der Waals surface area contributed by atoms with E-state index in [-0.39, 0.29) is 51.4 Å². The van der Waals surface area contributed by atoms with Crippen LogP contribution in [0.1, 0.15) is 33.1 Å². The van der Waals surface area contributed by atoms with Gasteiger partial charge in [0.15, 0.2) is 6.04 Å². The second-order valence-corrected chi connectivity index (χ2v) is 9.88. The minimum atomic E-state index is -1.00. The van der Waals surface area contributed by atoms with Gasteiger partial charge in [-0.2, -0.15) is 10.3 Å². The first-order chi connectivity index (χ1) is 21.8. The van der Waals surface area contributed by atoms with Gasteiger partial charge in [-0.1, -0.05) is 20.4 Å². The van der Waals surface area contributed by atoms with Crippen LogP contribution in [0.3, 0.4) is 0 Å². The van der Waals surface area contributed by atoms with Crippen molar-refractivity contribution in [2.45, 2.75) is 39.2 Å². The summed E-state index contributed by atoms with van der Waals surface area (Å²) in [6, 6.07) is -1.00. The maximum absolute atomic E-state index is 12.0. The van der Waals surface area contributed by atoms with Crippen molar-refractivity contribution in [2.24, 2.45) is 10.4 Å². The van der Waals surface area contributed by atoms with Crippen LogP contribution in [0.25, 0.3) is 0 Å². The van der Waals surface area contributed by atoms with Crippen LogP contribution in [0.2, 0.25) is 0 Å². The minimum Gasteiger partial charge on any atom is -0.462 e. The third-order valence-corrected chi connectivity index (χ3v) is 5.34. The Hall–Kier alpha value is -3.58. The second-order valence-electron chi connectivity index (χ2n) is 9.88. The first-order valence-corrected chi connectivity index (χ1v) is 14.6. The number of unbranched alkanes of at least 4 members (excludes halogenated alkanes) is 1. The highest BCUT2D eigenvalue weighted by molar-refractivity contribution is 5.81. The van der Waals surface area contributed by atoms with Gasteiger partial charge in [0.05, 0.1) is 72.6 Å². The van der Waals surface area contributed by atoms with Crippen LogP contribution in [0.5, 0.6) is 0 Å². The van der Waals surface area contributed by atoms with E-state index < -0.39 is 24.1 Å². The van der Waals surface area contributed by atoms with Gasteiger partial charge in [-0.25, -0.2) is 19.2 Å². The van der Waals surface area contributed by atoms with Crippen LogP contribution < -0.4 is 5.32 Å². The van der Waals surface area contributed by atoms with E-state index in [1.807, 2.05) is 13.8 Å². The first kappa shape index (κ1) is 41.4. The van der Waals surface area contributed by atoms with Crippen LogP contribution >= 0.6 is 0 Å². The molecule has 1 atom stereocenters. The Labute approximate surface area is 264 Å². The predicted octanol–water partition coefficient (Wildman–Crippen LogP) is 1.47. The number of alkyl carbamates (subject to hydrolysis) is 1. The molecule has 0 aromatic heterocycles. The van der Waals surface area contributed by atoms with Crippen LogP contribution in [-0.4, -0.2) is 129 Å². The summed E-state index contributed by atoms with van der Waals surface area (Å²) in [6.45, 7) is 11.4. The fourth-order valence-corrected chi connectivity index (χ4v) is 3.16. The third-order valence-electron chi connectivity index (χ3n) is 5.34. The van der Waals surface area contributed by atoms with Gasteiger partial charge in [-0.15, -0.1) is 0 Å². The molecule has 0 aromatic carbocycles. The van der Waals surface area contributed by atoms with Crippen molar-refractivity contribution in [1.82, 2.24) is 5.32 Å². The van der Waals surface area contributed by atoms with Crippen molar-refractivity contribution in [3.05, 3.63) is 12.7 Å². The minimum absolute atomic E-state index is 0.00598. The van der Waals surface area contributed by atoms with Gasteiger partial charge in [0.2, 0.25) is 6.08 Å². The van der Waals surface area contributed by atoms with Crippen LogP contribution in [0.15, 0.2) is 17.6 Å². The Balaban J connectivity index is 3.63. The van der Waals surface area contributed by atoms with Gasteiger partial charge in [0, 0.05) is 11.5 Å². The first-order valence-electron chi connectivity index (χ1n) is 14.6. The van der Waals surface area contributed by atoms with E-state index in [0.717, 1.165) is 6.08 Å². The molecule has 0 aliphatic heterocycles. The lowest BCUT2D eigenvalue weighted by atomic mass is 9.96. The molecule has 16 nitrogen and oxygen atoms in total. The summed E-state index contributed by atoms with van der Waals surface area (Å²) in [5, 5.41) is 10.7. The highest BCUT2D eigenvalue weighted by Crippen LogP contribution is 2.15. The monoisotopic (exact) mass is 645 g/mol. The number of ether oxygens (including phenoxy) is 9. The molecule has 0 saturated heterocycles. The summed E-state index contributed by atoms with van der Waals surface area (Å²) in [5.74, 6) is -1.19. The molecule has 0 fully saturated rings. The van der Waals surface area contributed by atoms with Crippen molar-refractivity contribution in [3.63, 3.8) is 0 Å². The number of carbonyl (C=O) groups is 3. The summed E-state index contributed by atoms with van der Waals surface area (Å²) in [5.41, 5.74) is -0.190. The summed E-state index contributed by atoms with van der Waals surface area (Å²) in [7, 11) is 0. The number of carbonyl (C=O) groups excluding carboxylic acids is 4. The van der Waals surface area contributed by atoms with Crippen LogP contribution in [0.4, 0.5) is 4.79 Å². The highest BCUT2D eigenvalue weighted by atomic mass is 16.6. The van der Waals surface area contributed by atoms with E-state index in [9.17, 15) is 19.2 Å². The zero-order chi connectivity index (χ0) is 33.4. The summed E-state index contributed by atoms with van der Waals surface area (Å²) in [4.78, 5) is 48.6. The molecule has 0 saturated carbocycles. The fourth-order valence-electron chi connectivity index (χ4n) is 3.16. The standard InChI is InChI=1S/C29H47N3O13/c1-4-26(34)43-19-17-39-14-16-41-22-29(2,3)21-40-15-13-37-11-12-38-18-20-45-28(36)31-8-10-44-27(35)25(32-24-33)7-5-6-9-42-23-30/h4,25H,1,5-22H2,2-3H3,(H,31,36). The normalized spacial score (nSPS) is 11.4. The van der Waals surface area contributed by atoms with Gasteiger partial charge in [0.25, 0.3) is 6.26 Å². The molecular weight excluding hydrogens is 598 g/mol. The zero-order valence-electron chi connectivity index (χ0n) is 26.3. The Kier molecular flexibility index (Phi) is 26.8. The van der Waals surface area contributed by atoms with Gasteiger partial charge < -0.3 is 47.9 Å². The van der Waals surface area contributed by atoms with Gasteiger partial charge in [-0.3, -0.25) is 0 Å². The van der Waals surface area contributed by atoms with Crippen LogP contribution in [-0.2, 0) is 57.0 Å². The van der Waals surface area contributed by atoms with Crippen molar-refractivity contribution in [1.29, 1.82) is 5.26 Å². The lowest BCUT2D eigenvalue weighted by molar-refractivity contribution is -0.145. The second kappa shape index (κ2) is 29.1. The molecule has 0 radical (unpaired) electrons. The number of rotatable bonds is 30. The molecule has 0 rings (SSSR count). The molecule has 16 heteroatoms. The number of isocyanates is 1. The van der Waals surface area contributed by atoms with E-state index in [0.29, 0.717) is 72.3 Å². The molecule has 1 amide bonds. The Bertz CT molecular complexity index is 904. The maximum Gasteiger partial charge on any atom is 0.407 e. The quantitative estimate of drug-likeness (QED) is 0.0224. The summed E-state index contributed by atoms with van der Waals surface area (Å²) < 4.78 is 46.7. The molecule has 0 heterocycles. The van der Waals surface area contributed by atoms with Crippen molar-refractivity contribution >= 4 is 24.1 Å². The van der Waals surface area contributed by atoms with Crippen molar-refractivity contribution in [2.75, 3.05) is 99.0 Å². The molecule has 45 heavy (non-hydrogen) atoms. The molecule has 0 aliphatic carbocycles. The van der Waals surface area contributed by atoms with E-state index in [2.05, 4.69) is 21.6 Å². The Morgan fingerprint density at radius 1 is 0.800 bits per heavy atom. The highest BCUT2D eigenvalue weighted by Gasteiger charge is 2.19.